The van der Waals surface area contributed by atoms with Crippen molar-refractivity contribution in [2.45, 2.75) is 6.04 Å². The third-order valence-corrected chi connectivity index (χ3v) is 2.39. The van der Waals surface area contributed by atoms with E-state index >= 15 is 0 Å². The van der Waals surface area contributed by atoms with Gasteiger partial charge >= 0.3 is 0 Å². The van der Waals surface area contributed by atoms with Crippen LogP contribution in [-0.4, -0.2) is 19.5 Å². The van der Waals surface area contributed by atoms with Crippen LogP contribution < -0.4 is 15.6 Å². The molecule has 1 aromatic rings. The topological polar surface area (TPSA) is 131 Å². The second-order valence-electron chi connectivity index (χ2n) is 3.03. The van der Waals surface area contributed by atoms with Crippen molar-refractivity contribution in [3.8, 4) is 0 Å². The highest BCUT2D eigenvalue weighted by atomic mass is 32.2. The zero-order valence-electron chi connectivity index (χ0n) is 8.24. The van der Waals surface area contributed by atoms with Crippen molar-refractivity contribution in [1.29, 1.82) is 0 Å². The predicted octanol–water partition coefficient (Wildman–Crippen LogP) is -0.733. The molecule has 0 aromatic heterocycles. The van der Waals surface area contributed by atoms with E-state index in [2.05, 4.69) is 9.88 Å². The molecule has 0 bridgehead atoms. The highest BCUT2D eigenvalue weighted by Crippen LogP contribution is 2.12. The fourth-order valence-electron chi connectivity index (χ4n) is 1.17. The van der Waals surface area contributed by atoms with Crippen LogP contribution in [0.1, 0.15) is 11.6 Å². The Morgan fingerprint density at radius 2 is 1.94 bits per heavy atom. The van der Waals surface area contributed by atoms with E-state index in [9.17, 15) is 8.42 Å². The Hall–Kier alpha value is -1.64. The standard InChI is InChI=1S/C8H12N4O3S/c9-8(11-13)7(12-16(10,14)15)6-4-2-1-3-5-6/h1-5,7,12-13H,(H2,9,11)(H2,10,14,15). The summed E-state index contributed by atoms with van der Waals surface area (Å²) in [6.45, 7) is 0. The number of nitrogens with two attached hydrogens (primary N) is 2. The van der Waals surface area contributed by atoms with Crippen LogP contribution in [0.2, 0.25) is 0 Å². The van der Waals surface area contributed by atoms with Gasteiger partial charge in [0, 0.05) is 0 Å². The molecule has 8 heteroatoms. The minimum atomic E-state index is -3.95. The summed E-state index contributed by atoms with van der Waals surface area (Å²) in [5.41, 5.74) is 5.89. The molecule has 0 spiro atoms. The molecule has 1 rings (SSSR count). The maximum atomic E-state index is 10.9. The van der Waals surface area contributed by atoms with Gasteiger partial charge in [0.25, 0.3) is 10.2 Å². The van der Waals surface area contributed by atoms with Gasteiger partial charge in [-0.1, -0.05) is 35.5 Å². The number of nitrogens with one attached hydrogen (secondary N) is 1. The second-order valence-corrected chi connectivity index (χ2v) is 4.36. The molecule has 0 saturated heterocycles. The summed E-state index contributed by atoms with van der Waals surface area (Å²) in [7, 11) is -3.95. The minimum absolute atomic E-state index is 0.291. The van der Waals surface area contributed by atoms with Crippen LogP contribution in [0.25, 0.3) is 0 Å². The molecular weight excluding hydrogens is 232 g/mol. The molecular formula is C8H12N4O3S. The van der Waals surface area contributed by atoms with Crippen molar-refractivity contribution in [2.75, 3.05) is 0 Å². The molecule has 16 heavy (non-hydrogen) atoms. The Morgan fingerprint density at radius 3 is 2.38 bits per heavy atom. The third kappa shape index (κ3) is 3.50. The number of benzene rings is 1. The predicted molar refractivity (Wildman–Crippen MR) is 58.8 cm³/mol. The van der Waals surface area contributed by atoms with Gasteiger partial charge in [-0.05, 0) is 5.56 Å². The van der Waals surface area contributed by atoms with Crippen molar-refractivity contribution in [3.63, 3.8) is 0 Å². The van der Waals surface area contributed by atoms with E-state index in [1.54, 1.807) is 30.3 Å². The molecule has 0 aliphatic rings. The third-order valence-electron chi connectivity index (χ3n) is 1.83. The first-order valence-electron chi connectivity index (χ1n) is 4.26. The number of amidine groups is 1. The highest BCUT2D eigenvalue weighted by Gasteiger charge is 2.20. The summed E-state index contributed by atoms with van der Waals surface area (Å²) in [4.78, 5) is 0. The summed E-state index contributed by atoms with van der Waals surface area (Å²) in [5.74, 6) is -0.291. The fourth-order valence-corrected chi connectivity index (χ4v) is 1.75. The van der Waals surface area contributed by atoms with Crippen LogP contribution in [0.5, 0.6) is 0 Å². The van der Waals surface area contributed by atoms with Crippen molar-refractivity contribution in [1.82, 2.24) is 4.72 Å². The van der Waals surface area contributed by atoms with Gasteiger partial charge in [0.15, 0.2) is 5.84 Å². The van der Waals surface area contributed by atoms with Crippen molar-refractivity contribution >= 4 is 16.0 Å². The summed E-state index contributed by atoms with van der Waals surface area (Å²) in [5, 5.41) is 16.1. The number of oxime groups is 1. The summed E-state index contributed by atoms with van der Waals surface area (Å²) >= 11 is 0. The number of nitrogens with zero attached hydrogens (tertiary/aromatic N) is 1. The molecule has 88 valence electrons. The van der Waals surface area contributed by atoms with Gasteiger partial charge in [0.2, 0.25) is 0 Å². The molecule has 1 aromatic carbocycles. The minimum Gasteiger partial charge on any atom is -0.409 e. The zero-order chi connectivity index (χ0) is 12.2. The maximum Gasteiger partial charge on any atom is 0.275 e. The largest absolute Gasteiger partial charge is 0.409 e. The summed E-state index contributed by atoms with van der Waals surface area (Å²) < 4.78 is 23.9. The van der Waals surface area contributed by atoms with Crippen LogP contribution in [0.4, 0.5) is 0 Å². The molecule has 0 heterocycles. The molecule has 0 aliphatic carbocycles. The molecule has 0 saturated carbocycles. The lowest BCUT2D eigenvalue weighted by Gasteiger charge is -2.15. The van der Waals surface area contributed by atoms with Gasteiger partial charge in [0.05, 0.1) is 0 Å². The van der Waals surface area contributed by atoms with Crippen LogP contribution in [0, 0.1) is 0 Å². The van der Waals surface area contributed by atoms with Gasteiger partial charge in [0.1, 0.15) is 6.04 Å². The molecule has 0 aliphatic heterocycles. The van der Waals surface area contributed by atoms with Gasteiger partial charge in [-0.2, -0.15) is 13.1 Å². The summed E-state index contributed by atoms with van der Waals surface area (Å²) in [6.07, 6.45) is 0. The first kappa shape index (κ1) is 12.4. The molecule has 0 amide bonds. The number of hydrogen-bond acceptors (Lipinski definition) is 4. The van der Waals surface area contributed by atoms with Crippen LogP contribution in [0.15, 0.2) is 35.5 Å². The Kier molecular flexibility index (Phi) is 3.82. The lowest BCUT2D eigenvalue weighted by molar-refractivity contribution is 0.315. The summed E-state index contributed by atoms with van der Waals surface area (Å²) in [6, 6.07) is 7.41. The first-order chi connectivity index (χ1) is 7.44. The van der Waals surface area contributed by atoms with Gasteiger partial charge in [-0.3, -0.25) is 0 Å². The number of rotatable bonds is 4. The normalized spacial score (nSPS) is 14.7. The Bertz CT molecular complexity index is 471. The smallest absolute Gasteiger partial charge is 0.275 e. The molecule has 0 radical (unpaired) electrons. The number of hydrogen-bond donors (Lipinski definition) is 4. The lowest BCUT2D eigenvalue weighted by atomic mass is 10.1. The Morgan fingerprint density at radius 1 is 1.38 bits per heavy atom. The zero-order valence-corrected chi connectivity index (χ0v) is 9.05. The van der Waals surface area contributed by atoms with Gasteiger partial charge < -0.3 is 10.9 Å². The second kappa shape index (κ2) is 4.92. The van der Waals surface area contributed by atoms with Crippen LogP contribution >= 0.6 is 0 Å². The highest BCUT2D eigenvalue weighted by molar-refractivity contribution is 7.87. The van der Waals surface area contributed by atoms with E-state index in [4.69, 9.17) is 16.1 Å². The van der Waals surface area contributed by atoms with E-state index in [0.29, 0.717) is 5.56 Å². The van der Waals surface area contributed by atoms with Gasteiger partial charge in [-0.25, -0.2) is 5.14 Å². The molecule has 1 atom stereocenters. The Balaban J connectivity index is 3.07. The molecule has 1 unspecified atom stereocenters. The van der Waals surface area contributed by atoms with E-state index in [0.717, 1.165) is 0 Å². The quantitative estimate of drug-likeness (QED) is 0.240. The van der Waals surface area contributed by atoms with E-state index in [1.165, 1.54) is 0 Å². The van der Waals surface area contributed by atoms with E-state index in [1.807, 2.05) is 0 Å². The van der Waals surface area contributed by atoms with Crippen molar-refractivity contribution in [3.05, 3.63) is 35.9 Å². The van der Waals surface area contributed by atoms with Crippen molar-refractivity contribution in [2.24, 2.45) is 16.0 Å². The lowest BCUT2D eigenvalue weighted by Crippen LogP contribution is -2.40. The van der Waals surface area contributed by atoms with E-state index < -0.39 is 16.3 Å². The fraction of sp³-hybridized carbons (Fsp3) is 0.125. The average Bonchev–Trinajstić information content (AvgIpc) is 2.25. The van der Waals surface area contributed by atoms with Crippen LogP contribution in [-0.2, 0) is 10.2 Å². The monoisotopic (exact) mass is 244 g/mol. The first-order valence-corrected chi connectivity index (χ1v) is 5.81. The SMILES string of the molecule is N/C(=N/O)C(NS(N)(=O)=O)c1ccccc1. The molecule has 7 nitrogen and oxygen atoms in total. The average molecular weight is 244 g/mol. The van der Waals surface area contributed by atoms with Gasteiger partial charge in [-0.15, -0.1) is 0 Å². The van der Waals surface area contributed by atoms with Crippen molar-refractivity contribution < 1.29 is 13.6 Å². The van der Waals surface area contributed by atoms with E-state index in [-0.39, 0.29) is 5.84 Å². The molecule has 6 N–H and O–H groups in total. The van der Waals surface area contributed by atoms with Crippen LogP contribution in [0.3, 0.4) is 0 Å². The maximum absolute atomic E-state index is 10.9. The molecule has 0 fully saturated rings. The Labute approximate surface area is 92.9 Å².